The molecule has 1 N–H and O–H groups in total. The molecule has 6 nitrogen and oxygen atoms in total. The van der Waals surface area contributed by atoms with Crippen LogP contribution < -0.4 is 14.8 Å². The van der Waals surface area contributed by atoms with Crippen molar-refractivity contribution in [2.24, 2.45) is 0 Å². The summed E-state index contributed by atoms with van der Waals surface area (Å²) >= 11 is 0. The van der Waals surface area contributed by atoms with Crippen molar-refractivity contribution in [1.82, 2.24) is 0 Å². The van der Waals surface area contributed by atoms with Crippen LogP contribution in [0.4, 0.5) is 5.69 Å². The fourth-order valence-electron chi connectivity index (χ4n) is 2.12. The summed E-state index contributed by atoms with van der Waals surface area (Å²) in [5.74, 6) is 0.0267. The van der Waals surface area contributed by atoms with Crippen molar-refractivity contribution in [3.05, 3.63) is 53.6 Å². The molecular formula is C19H21NO5. The Bertz CT molecular complexity index is 755. The molecule has 0 unspecified atom stereocenters. The second-order valence-corrected chi connectivity index (χ2v) is 5.47. The maximum Gasteiger partial charge on any atom is 0.338 e. The number of hydrogen-bond acceptors (Lipinski definition) is 5. The highest BCUT2D eigenvalue weighted by Gasteiger charge is 2.20. The Balaban J connectivity index is 2.05. The number of carbonyl (C=O) groups excluding carboxylic acids is 2. The van der Waals surface area contributed by atoms with E-state index in [4.69, 9.17) is 14.2 Å². The molecule has 25 heavy (non-hydrogen) atoms. The first kappa shape index (κ1) is 18.3. The number of anilines is 1. The summed E-state index contributed by atoms with van der Waals surface area (Å²) in [6, 6.07) is 12.0. The van der Waals surface area contributed by atoms with Gasteiger partial charge in [-0.2, -0.15) is 0 Å². The van der Waals surface area contributed by atoms with E-state index in [-0.39, 0.29) is 0 Å². The minimum atomic E-state index is -0.968. The maximum atomic E-state index is 12.3. The molecule has 0 saturated heterocycles. The van der Waals surface area contributed by atoms with Gasteiger partial charge in [-0.1, -0.05) is 17.7 Å². The number of aryl methyl sites for hydroxylation is 1. The van der Waals surface area contributed by atoms with Crippen LogP contribution in [0.3, 0.4) is 0 Å². The number of carbonyl (C=O) groups is 2. The molecule has 0 heterocycles. The van der Waals surface area contributed by atoms with Crippen molar-refractivity contribution in [2.75, 3.05) is 19.5 Å². The predicted molar refractivity (Wildman–Crippen MR) is 94.2 cm³/mol. The zero-order valence-corrected chi connectivity index (χ0v) is 14.7. The van der Waals surface area contributed by atoms with Crippen LogP contribution in [0.25, 0.3) is 0 Å². The highest BCUT2D eigenvalue weighted by Crippen LogP contribution is 2.29. The first-order chi connectivity index (χ1) is 11.9. The van der Waals surface area contributed by atoms with E-state index in [1.165, 1.54) is 21.1 Å². The van der Waals surface area contributed by atoms with E-state index in [0.717, 1.165) is 5.56 Å². The average molecular weight is 343 g/mol. The topological polar surface area (TPSA) is 73.9 Å². The second-order valence-electron chi connectivity index (χ2n) is 5.47. The van der Waals surface area contributed by atoms with Gasteiger partial charge in [-0.05, 0) is 38.1 Å². The van der Waals surface area contributed by atoms with Gasteiger partial charge in [-0.3, -0.25) is 4.79 Å². The largest absolute Gasteiger partial charge is 0.497 e. The van der Waals surface area contributed by atoms with E-state index >= 15 is 0 Å². The lowest BCUT2D eigenvalue weighted by atomic mass is 10.1. The van der Waals surface area contributed by atoms with Crippen LogP contribution in [-0.2, 0) is 9.53 Å². The van der Waals surface area contributed by atoms with Crippen molar-refractivity contribution in [3.63, 3.8) is 0 Å². The van der Waals surface area contributed by atoms with Gasteiger partial charge in [0, 0.05) is 6.07 Å². The standard InChI is InChI=1S/C19H21NO5/c1-12-5-7-14(8-6-12)19(22)25-13(2)18(21)20-16-11-15(23-3)9-10-17(16)24-4/h5-11,13H,1-4H3,(H,20,21)/t13-/m0/s1. The van der Waals surface area contributed by atoms with E-state index in [1.807, 2.05) is 19.1 Å². The Morgan fingerprint density at radius 2 is 1.68 bits per heavy atom. The van der Waals surface area contributed by atoms with E-state index in [2.05, 4.69) is 5.32 Å². The minimum absolute atomic E-state index is 0.393. The van der Waals surface area contributed by atoms with Gasteiger partial charge in [0.2, 0.25) is 0 Å². The first-order valence-corrected chi connectivity index (χ1v) is 7.75. The summed E-state index contributed by atoms with van der Waals surface area (Å²) in [7, 11) is 3.03. The molecule has 0 bridgehead atoms. The van der Waals surface area contributed by atoms with Gasteiger partial charge >= 0.3 is 5.97 Å². The fraction of sp³-hybridized carbons (Fsp3) is 0.263. The monoisotopic (exact) mass is 343 g/mol. The molecule has 2 aromatic rings. The van der Waals surface area contributed by atoms with Crippen LogP contribution >= 0.6 is 0 Å². The van der Waals surface area contributed by atoms with Crippen LogP contribution in [0.1, 0.15) is 22.8 Å². The average Bonchev–Trinajstić information content (AvgIpc) is 2.61. The Morgan fingerprint density at radius 3 is 2.28 bits per heavy atom. The molecule has 0 radical (unpaired) electrons. The van der Waals surface area contributed by atoms with E-state index in [9.17, 15) is 9.59 Å². The van der Waals surface area contributed by atoms with Crippen LogP contribution in [-0.4, -0.2) is 32.2 Å². The normalized spacial score (nSPS) is 11.4. The van der Waals surface area contributed by atoms with Crippen LogP contribution in [0, 0.1) is 6.92 Å². The Morgan fingerprint density at radius 1 is 1.00 bits per heavy atom. The second kappa shape index (κ2) is 8.19. The lowest BCUT2D eigenvalue weighted by Crippen LogP contribution is -2.30. The quantitative estimate of drug-likeness (QED) is 0.816. The van der Waals surface area contributed by atoms with Crippen LogP contribution in [0.5, 0.6) is 11.5 Å². The van der Waals surface area contributed by atoms with Gasteiger partial charge in [0.25, 0.3) is 5.91 Å². The number of rotatable bonds is 6. The smallest absolute Gasteiger partial charge is 0.338 e. The van der Waals surface area contributed by atoms with Crippen LogP contribution in [0.2, 0.25) is 0 Å². The van der Waals surface area contributed by atoms with Crippen molar-refractivity contribution < 1.29 is 23.8 Å². The molecule has 2 rings (SSSR count). The SMILES string of the molecule is COc1ccc(OC)c(NC(=O)[C@H](C)OC(=O)c2ccc(C)cc2)c1. The first-order valence-electron chi connectivity index (χ1n) is 7.75. The van der Waals surface area contributed by atoms with Gasteiger partial charge < -0.3 is 19.5 Å². The van der Waals surface area contributed by atoms with Crippen LogP contribution in [0.15, 0.2) is 42.5 Å². The maximum absolute atomic E-state index is 12.3. The molecule has 6 heteroatoms. The lowest BCUT2D eigenvalue weighted by molar-refractivity contribution is -0.123. The van der Waals surface area contributed by atoms with Gasteiger partial charge in [0.05, 0.1) is 25.5 Å². The molecule has 0 saturated carbocycles. The van der Waals surface area contributed by atoms with Crippen molar-refractivity contribution in [3.8, 4) is 11.5 Å². The summed E-state index contributed by atoms with van der Waals surface area (Å²) < 4.78 is 15.6. The lowest BCUT2D eigenvalue weighted by Gasteiger charge is -2.16. The van der Waals surface area contributed by atoms with E-state index < -0.39 is 18.0 Å². The van der Waals surface area contributed by atoms with E-state index in [0.29, 0.717) is 22.7 Å². The Labute approximate surface area is 146 Å². The number of amides is 1. The molecule has 0 aliphatic carbocycles. The minimum Gasteiger partial charge on any atom is -0.497 e. The zero-order valence-electron chi connectivity index (χ0n) is 14.7. The number of benzene rings is 2. The predicted octanol–water partition coefficient (Wildman–Crippen LogP) is 3.20. The van der Waals surface area contributed by atoms with Crippen molar-refractivity contribution in [2.45, 2.75) is 20.0 Å². The summed E-state index contributed by atoms with van der Waals surface area (Å²) in [5, 5.41) is 2.68. The number of hydrogen-bond donors (Lipinski definition) is 1. The molecule has 0 fully saturated rings. The Kier molecular flexibility index (Phi) is 6.00. The van der Waals surface area contributed by atoms with Gasteiger partial charge in [0.1, 0.15) is 11.5 Å². The van der Waals surface area contributed by atoms with Gasteiger partial charge in [0.15, 0.2) is 6.10 Å². The van der Waals surface area contributed by atoms with Gasteiger partial charge in [-0.15, -0.1) is 0 Å². The summed E-state index contributed by atoms with van der Waals surface area (Å²) in [6.45, 7) is 3.43. The molecule has 0 aliphatic heterocycles. The molecule has 0 spiro atoms. The Hall–Kier alpha value is -3.02. The highest BCUT2D eigenvalue weighted by atomic mass is 16.5. The third kappa shape index (κ3) is 4.73. The molecule has 1 amide bonds. The number of nitrogens with one attached hydrogen (secondary N) is 1. The molecule has 132 valence electrons. The third-order valence-electron chi connectivity index (χ3n) is 3.60. The number of methoxy groups -OCH3 is 2. The van der Waals surface area contributed by atoms with Crippen molar-refractivity contribution >= 4 is 17.6 Å². The summed E-state index contributed by atoms with van der Waals surface area (Å²) in [4.78, 5) is 24.4. The molecule has 2 aromatic carbocycles. The van der Waals surface area contributed by atoms with Crippen molar-refractivity contribution in [1.29, 1.82) is 0 Å². The molecular weight excluding hydrogens is 322 g/mol. The van der Waals surface area contributed by atoms with Gasteiger partial charge in [-0.25, -0.2) is 4.79 Å². The molecule has 1 atom stereocenters. The zero-order chi connectivity index (χ0) is 18.4. The third-order valence-corrected chi connectivity index (χ3v) is 3.60. The summed E-state index contributed by atoms with van der Waals surface area (Å²) in [5.41, 5.74) is 1.86. The fourth-order valence-corrected chi connectivity index (χ4v) is 2.12. The number of esters is 1. The molecule has 0 aromatic heterocycles. The number of ether oxygens (including phenoxy) is 3. The molecule has 0 aliphatic rings. The summed E-state index contributed by atoms with van der Waals surface area (Å²) in [6.07, 6.45) is -0.968. The van der Waals surface area contributed by atoms with E-state index in [1.54, 1.807) is 30.3 Å². The highest BCUT2D eigenvalue weighted by molar-refractivity contribution is 5.98.